The average Bonchev–Trinajstić information content (AvgIpc) is 2.48. The molecule has 120 valence electrons. The second-order valence-corrected chi connectivity index (χ2v) is 6.90. The van der Waals surface area contributed by atoms with Crippen LogP contribution in [0.2, 0.25) is 0 Å². The molecule has 4 N–H and O–H groups in total. The Bertz CT molecular complexity index is 378. The van der Waals surface area contributed by atoms with Crippen molar-refractivity contribution < 1.29 is 9.59 Å². The molecule has 0 bridgehead atoms. The van der Waals surface area contributed by atoms with Crippen LogP contribution >= 0.6 is 0 Å². The minimum atomic E-state index is -0.275. The number of amides is 2. The van der Waals surface area contributed by atoms with Crippen LogP contribution < -0.4 is 11.5 Å². The van der Waals surface area contributed by atoms with Gasteiger partial charge in [-0.1, -0.05) is 0 Å². The first-order valence-electron chi connectivity index (χ1n) is 8.30. The summed E-state index contributed by atoms with van der Waals surface area (Å²) < 4.78 is 0. The van der Waals surface area contributed by atoms with Crippen molar-refractivity contribution in [3.63, 3.8) is 0 Å². The van der Waals surface area contributed by atoms with Gasteiger partial charge in [-0.05, 0) is 63.8 Å². The van der Waals surface area contributed by atoms with Crippen molar-refractivity contribution in [2.45, 2.75) is 57.9 Å². The van der Waals surface area contributed by atoms with Crippen LogP contribution in [0.15, 0.2) is 0 Å². The van der Waals surface area contributed by atoms with E-state index in [4.69, 9.17) is 11.5 Å². The summed E-state index contributed by atoms with van der Waals surface area (Å²) in [6.07, 6.45) is 6.81. The molecule has 1 heterocycles. The van der Waals surface area contributed by atoms with Crippen molar-refractivity contribution in [1.29, 1.82) is 0 Å². The summed E-state index contributed by atoms with van der Waals surface area (Å²) >= 11 is 0. The molecule has 5 heteroatoms. The Morgan fingerprint density at radius 2 is 1.67 bits per heavy atom. The number of likely N-dealkylation sites (tertiary alicyclic amines) is 1. The van der Waals surface area contributed by atoms with Crippen LogP contribution in [-0.4, -0.2) is 35.8 Å². The molecule has 5 nitrogen and oxygen atoms in total. The zero-order chi connectivity index (χ0) is 15.4. The molecule has 21 heavy (non-hydrogen) atoms. The molecule has 2 rings (SSSR count). The number of hydrogen-bond acceptors (Lipinski definition) is 3. The van der Waals surface area contributed by atoms with Crippen molar-refractivity contribution in [1.82, 2.24) is 4.90 Å². The van der Waals surface area contributed by atoms with Crippen molar-refractivity contribution in [2.75, 3.05) is 13.1 Å². The number of primary amides is 1. The van der Waals surface area contributed by atoms with E-state index < -0.39 is 0 Å². The van der Waals surface area contributed by atoms with Gasteiger partial charge in [0.15, 0.2) is 0 Å². The van der Waals surface area contributed by atoms with Crippen molar-refractivity contribution in [3.8, 4) is 0 Å². The Hall–Kier alpha value is -1.10. The maximum atomic E-state index is 12.5. The monoisotopic (exact) mass is 295 g/mol. The predicted molar refractivity (Wildman–Crippen MR) is 82.2 cm³/mol. The summed E-state index contributed by atoms with van der Waals surface area (Å²) in [5.41, 5.74) is 11.1. The molecule has 1 saturated carbocycles. The molecular weight excluding hydrogens is 266 g/mol. The third-order valence-corrected chi connectivity index (χ3v) is 5.37. The topological polar surface area (TPSA) is 89.4 Å². The summed E-state index contributed by atoms with van der Waals surface area (Å²) in [5, 5.41) is 0. The summed E-state index contributed by atoms with van der Waals surface area (Å²) in [5.74, 6) is 0.886. The van der Waals surface area contributed by atoms with Crippen LogP contribution in [0.25, 0.3) is 0 Å². The van der Waals surface area contributed by atoms with E-state index in [-0.39, 0.29) is 23.8 Å². The number of hydrogen-bond donors (Lipinski definition) is 2. The zero-order valence-corrected chi connectivity index (χ0v) is 13.1. The van der Waals surface area contributed by atoms with E-state index in [0.717, 1.165) is 45.1 Å². The van der Waals surface area contributed by atoms with Gasteiger partial charge >= 0.3 is 0 Å². The molecule has 1 saturated heterocycles. The Labute approximate surface area is 127 Å². The van der Waals surface area contributed by atoms with Gasteiger partial charge in [0, 0.05) is 19.0 Å². The largest absolute Gasteiger partial charge is 0.369 e. The fourth-order valence-electron chi connectivity index (χ4n) is 3.72. The summed E-state index contributed by atoms with van der Waals surface area (Å²) in [7, 11) is 0. The number of piperidine rings is 1. The number of nitrogens with two attached hydrogens (primary N) is 2. The predicted octanol–water partition coefficient (Wildman–Crippen LogP) is 1.25. The lowest BCUT2D eigenvalue weighted by Gasteiger charge is -2.38. The molecule has 0 spiro atoms. The van der Waals surface area contributed by atoms with Crippen molar-refractivity contribution in [2.24, 2.45) is 29.2 Å². The zero-order valence-electron chi connectivity index (χ0n) is 13.1. The molecule has 1 aliphatic heterocycles. The van der Waals surface area contributed by atoms with Crippen LogP contribution in [0.3, 0.4) is 0 Å². The van der Waals surface area contributed by atoms with E-state index in [1.165, 1.54) is 0 Å². The molecule has 2 amide bonds. The van der Waals surface area contributed by atoms with Gasteiger partial charge in [-0.15, -0.1) is 0 Å². The Morgan fingerprint density at radius 1 is 1.05 bits per heavy atom. The Morgan fingerprint density at radius 3 is 2.24 bits per heavy atom. The molecule has 0 aromatic carbocycles. The maximum Gasteiger partial charge on any atom is 0.223 e. The number of nitrogens with zero attached hydrogens (tertiary/aromatic N) is 1. The lowest BCUT2D eigenvalue weighted by atomic mass is 9.80. The third kappa shape index (κ3) is 4.19. The minimum absolute atomic E-state index is 0.168. The van der Waals surface area contributed by atoms with Crippen molar-refractivity contribution >= 4 is 11.8 Å². The molecule has 0 aromatic rings. The van der Waals surface area contributed by atoms with E-state index in [1.807, 2.05) is 4.90 Å². The number of rotatable bonds is 4. The van der Waals surface area contributed by atoms with Gasteiger partial charge in [-0.25, -0.2) is 0 Å². The second kappa shape index (κ2) is 7.25. The fourth-order valence-corrected chi connectivity index (χ4v) is 3.72. The molecule has 2 fully saturated rings. The first kappa shape index (κ1) is 16.3. The van der Waals surface area contributed by atoms with Gasteiger partial charge in [0.1, 0.15) is 0 Å². The van der Waals surface area contributed by atoms with Gasteiger partial charge in [0.25, 0.3) is 0 Å². The van der Waals surface area contributed by atoms with E-state index in [2.05, 4.69) is 6.92 Å². The first-order valence-corrected chi connectivity index (χ1v) is 8.30. The first-order chi connectivity index (χ1) is 10.0. The van der Waals surface area contributed by atoms with Crippen LogP contribution in [-0.2, 0) is 9.59 Å². The number of carbonyl (C=O) groups excluding carboxylic acids is 2. The normalized spacial score (nSPS) is 33.7. The smallest absolute Gasteiger partial charge is 0.223 e. The van der Waals surface area contributed by atoms with E-state index in [9.17, 15) is 9.59 Å². The Kier molecular flexibility index (Phi) is 5.62. The molecule has 0 aromatic heterocycles. The fraction of sp³-hybridized carbons (Fsp3) is 0.875. The van der Waals surface area contributed by atoms with Crippen LogP contribution in [0.1, 0.15) is 51.9 Å². The van der Waals surface area contributed by atoms with Crippen LogP contribution in [0.4, 0.5) is 0 Å². The van der Waals surface area contributed by atoms with Crippen LogP contribution in [0.5, 0.6) is 0 Å². The van der Waals surface area contributed by atoms with Gasteiger partial charge in [0.05, 0.1) is 5.92 Å². The third-order valence-electron chi connectivity index (χ3n) is 5.37. The molecule has 2 aliphatic rings. The SMILES string of the molecule is CC1CCC(C(N)=O)CN1C(=O)CC1CCC(CN)CC1. The summed E-state index contributed by atoms with van der Waals surface area (Å²) in [4.78, 5) is 25.8. The van der Waals surface area contributed by atoms with Gasteiger partial charge < -0.3 is 16.4 Å². The molecular formula is C16H29N3O2. The lowest BCUT2D eigenvalue weighted by molar-refractivity contribution is -0.138. The highest BCUT2D eigenvalue weighted by atomic mass is 16.2. The van der Waals surface area contributed by atoms with Gasteiger partial charge in [-0.2, -0.15) is 0 Å². The standard InChI is InChI=1S/C16H29N3O2/c1-11-2-7-14(16(18)21)10-19(11)15(20)8-12-3-5-13(9-17)6-4-12/h11-14H,2-10,17H2,1H3,(H2,18,21). The second-order valence-electron chi connectivity index (χ2n) is 6.90. The Balaban J connectivity index is 1.85. The van der Waals surface area contributed by atoms with Crippen LogP contribution in [0, 0.1) is 17.8 Å². The van der Waals surface area contributed by atoms with E-state index in [1.54, 1.807) is 0 Å². The average molecular weight is 295 g/mol. The summed E-state index contributed by atoms with van der Waals surface area (Å²) in [6, 6.07) is 0.230. The lowest BCUT2D eigenvalue weighted by Crippen LogP contribution is -2.49. The highest BCUT2D eigenvalue weighted by Crippen LogP contribution is 2.31. The molecule has 2 unspecified atom stereocenters. The molecule has 1 aliphatic carbocycles. The van der Waals surface area contributed by atoms with E-state index in [0.29, 0.717) is 24.8 Å². The summed E-state index contributed by atoms with van der Waals surface area (Å²) in [6.45, 7) is 3.35. The van der Waals surface area contributed by atoms with Crippen molar-refractivity contribution in [3.05, 3.63) is 0 Å². The number of carbonyl (C=O) groups is 2. The molecule has 2 atom stereocenters. The van der Waals surface area contributed by atoms with E-state index >= 15 is 0 Å². The minimum Gasteiger partial charge on any atom is -0.369 e. The highest BCUT2D eigenvalue weighted by molar-refractivity contribution is 5.80. The maximum absolute atomic E-state index is 12.5. The van der Waals surface area contributed by atoms with Gasteiger partial charge in [-0.3, -0.25) is 9.59 Å². The molecule has 0 radical (unpaired) electrons. The highest BCUT2D eigenvalue weighted by Gasteiger charge is 2.33. The quantitative estimate of drug-likeness (QED) is 0.818. The van der Waals surface area contributed by atoms with Gasteiger partial charge in [0.2, 0.25) is 11.8 Å².